The van der Waals surface area contributed by atoms with Gasteiger partial charge in [-0.3, -0.25) is 9.48 Å². The second-order valence-corrected chi connectivity index (χ2v) is 4.56. The van der Waals surface area contributed by atoms with Gasteiger partial charge in [0, 0.05) is 32.3 Å². The highest BCUT2D eigenvalue weighted by atomic mass is 127. The van der Waals surface area contributed by atoms with Crippen LogP contribution in [0.3, 0.4) is 0 Å². The zero-order chi connectivity index (χ0) is 12.0. The van der Waals surface area contributed by atoms with Gasteiger partial charge in [0.05, 0.1) is 16.4 Å². The first kappa shape index (κ1) is 13.4. The van der Waals surface area contributed by atoms with Gasteiger partial charge in [0.25, 0.3) is 0 Å². The summed E-state index contributed by atoms with van der Waals surface area (Å²) in [6.45, 7) is 3.72. The number of carbonyl (C=O) groups excluding carboxylic acids is 1. The molecule has 0 aliphatic heterocycles. The molecule has 0 bridgehead atoms. The Morgan fingerprint density at radius 3 is 3.00 bits per heavy atom. The molecule has 0 unspecified atom stereocenters. The molecule has 1 aromatic heterocycles. The van der Waals surface area contributed by atoms with E-state index in [4.69, 9.17) is 4.74 Å². The Labute approximate surface area is 109 Å². The van der Waals surface area contributed by atoms with Crippen LogP contribution in [0.2, 0.25) is 0 Å². The Kier molecular flexibility index (Phi) is 5.75. The topological polar surface area (TPSA) is 56.1 Å². The van der Waals surface area contributed by atoms with Crippen LogP contribution in [0, 0.1) is 10.5 Å². The maximum atomic E-state index is 11.4. The molecule has 0 spiro atoms. The number of aromatic nitrogens is 2. The molecular weight excluding hydrogens is 321 g/mol. The van der Waals surface area contributed by atoms with E-state index in [2.05, 4.69) is 33.0 Å². The van der Waals surface area contributed by atoms with Gasteiger partial charge in [0.2, 0.25) is 5.91 Å². The van der Waals surface area contributed by atoms with Crippen LogP contribution in [0.1, 0.15) is 12.1 Å². The zero-order valence-electron chi connectivity index (χ0n) is 9.49. The number of ether oxygens (including phenoxy) is 1. The molecule has 0 radical (unpaired) electrons. The van der Waals surface area contributed by atoms with E-state index in [-0.39, 0.29) is 5.91 Å². The summed E-state index contributed by atoms with van der Waals surface area (Å²) < 4.78 is 7.81. The second-order valence-electron chi connectivity index (χ2n) is 3.39. The largest absolute Gasteiger partial charge is 0.383 e. The van der Waals surface area contributed by atoms with Crippen LogP contribution in [0.15, 0.2) is 6.20 Å². The molecule has 0 aliphatic carbocycles. The highest BCUT2D eigenvalue weighted by Crippen LogP contribution is 2.09. The smallest absolute Gasteiger partial charge is 0.221 e. The van der Waals surface area contributed by atoms with E-state index in [1.54, 1.807) is 13.3 Å². The average molecular weight is 337 g/mol. The summed E-state index contributed by atoms with van der Waals surface area (Å²) in [7, 11) is 1.61. The number of halogens is 1. The van der Waals surface area contributed by atoms with Crippen molar-refractivity contribution in [2.24, 2.45) is 0 Å². The Hall–Kier alpha value is -0.630. The highest BCUT2D eigenvalue weighted by Gasteiger charge is 2.05. The third-order valence-electron chi connectivity index (χ3n) is 2.22. The Morgan fingerprint density at radius 2 is 2.44 bits per heavy atom. The fourth-order valence-corrected chi connectivity index (χ4v) is 1.64. The van der Waals surface area contributed by atoms with Gasteiger partial charge in [-0.1, -0.05) is 0 Å². The number of hydrogen-bond donors (Lipinski definition) is 1. The Morgan fingerprint density at radius 1 is 1.69 bits per heavy atom. The van der Waals surface area contributed by atoms with Gasteiger partial charge in [0.1, 0.15) is 0 Å². The summed E-state index contributed by atoms with van der Waals surface area (Å²) in [5.41, 5.74) is 1.10. The molecular formula is C10H16IN3O2. The lowest BCUT2D eigenvalue weighted by molar-refractivity contribution is -0.121. The molecule has 0 aromatic carbocycles. The summed E-state index contributed by atoms with van der Waals surface area (Å²) in [6.07, 6.45) is 2.25. The number of methoxy groups -OCH3 is 1. The van der Waals surface area contributed by atoms with Crippen molar-refractivity contribution in [3.05, 3.63) is 15.5 Å². The molecule has 0 atom stereocenters. The number of rotatable bonds is 6. The third kappa shape index (κ3) is 4.09. The van der Waals surface area contributed by atoms with E-state index in [9.17, 15) is 4.79 Å². The van der Waals surface area contributed by atoms with Crippen molar-refractivity contribution < 1.29 is 9.53 Å². The molecule has 90 valence electrons. The minimum atomic E-state index is 0.0296. The van der Waals surface area contributed by atoms with Crippen LogP contribution in [0.25, 0.3) is 0 Å². The normalized spacial score (nSPS) is 10.4. The van der Waals surface area contributed by atoms with Gasteiger partial charge < -0.3 is 10.1 Å². The molecule has 1 N–H and O–H groups in total. The molecule has 1 amide bonds. The zero-order valence-corrected chi connectivity index (χ0v) is 11.7. The van der Waals surface area contributed by atoms with Crippen molar-refractivity contribution >= 4 is 28.5 Å². The fraction of sp³-hybridized carbons (Fsp3) is 0.600. The van der Waals surface area contributed by atoms with Gasteiger partial charge in [-0.05, 0) is 29.5 Å². The van der Waals surface area contributed by atoms with Gasteiger partial charge in [-0.15, -0.1) is 0 Å². The molecule has 0 aliphatic rings. The molecule has 6 heteroatoms. The Balaban J connectivity index is 2.29. The number of nitrogens with zero attached hydrogens (tertiary/aromatic N) is 2. The van der Waals surface area contributed by atoms with Crippen LogP contribution < -0.4 is 5.32 Å². The maximum Gasteiger partial charge on any atom is 0.221 e. The molecule has 1 rings (SSSR count). The van der Waals surface area contributed by atoms with Crippen molar-refractivity contribution in [2.45, 2.75) is 19.9 Å². The molecule has 1 aromatic rings. The number of hydrogen-bond acceptors (Lipinski definition) is 3. The minimum Gasteiger partial charge on any atom is -0.383 e. The summed E-state index contributed by atoms with van der Waals surface area (Å²) in [4.78, 5) is 11.4. The summed E-state index contributed by atoms with van der Waals surface area (Å²) in [5, 5.41) is 6.96. The predicted molar refractivity (Wildman–Crippen MR) is 69.2 cm³/mol. The van der Waals surface area contributed by atoms with Gasteiger partial charge >= 0.3 is 0 Å². The second kappa shape index (κ2) is 6.85. The summed E-state index contributed by atoms with van der Waals surface area (Å²) in [5.74, 6) is 0.0296. The van der Waals surface area contributed by atoms with Gasteiger partial charge in [-0.25, -0.2) is 0 Å². The number of nitrogens with one attached hydrogen (secondary N) is 1. The lowest BCUT2D eigenvalue weighted by Gasteiger charge is -2.06. The predicted octanol–water partition coefficient (Wildman–Crippen LogP) is 0.949. The van der Waals surface area contributed by atoms with Crippen molar-refractivity contribution in [1.82, 2.24) is 15.1 Å². The first-order valence-corrected chi connectivity index (χ1v) is 6.16. The highest BCUT2D eigenvalue weighted by molar-refractivity contribution is 14.1. The monoisotopic (exact) mass is 337 g/mol. The van der Waals surface area contributed by atoms with Crippen molar-refractivity contribution in [3.8, 4) is 0 Å². The van der Waals surface area contributed by atoms with Crippen molar-refractivity contribution in [3.63, 3.8) is 0 Å². The van der Waals surface area contributed by atoms with Gasteiger partial charge in [-0.2, -0.15) is 5.10 Å². The minimum absolute atomic E-state index is 0.0296. The number of amides is 1. The van der Waals surface area contributed by atoms with Crippen LogP contribution in [0.5, 0.6) is 0 Å². The molecule has 5 nitrogen and oxygen atoms in total. The number of carbonyl (C=O) groups is 1. The van der Waals surface area contributed by atoms with E-state index in [1.165, 1.54) is 0 Å². The lowest BCUT2D eigenvalue weighted by atomic mass is 10.4. The van der Waals surface area contributed by atoms with Crippen LogP contribution in [0.4, 0.5) is 0 Å². The van der Waals surface area contributed by atoms with E-state index >= 15 is 0 Å². The SMILES string of the molecule is COCCNC(=O)CCn1ncc(I)c1C. The van der Waals surface area contributed by atoms with E-state index in [0.29, 0.717) is 26.1 Å². The molecule has 0 saturated heterocycles. The Bertz CT molecular complexity index is 352. The van der Waals surface area contributed by atoms with E-state index in [1.807, 2.05) is 11.6 Å². The maximum absolute atomic E-state index is 11.4. The molecule has 16 heavy (non-hydrogen) atoms. The number of aryl methyl sites for hydroxylation is 1. The van der Waals surface area contributed by atoms with Crippen LogP contribution in [-0.2, 0) is 16.1 Å². The quantitative estimate of drug-likeness (QED) is 0.621. The molecule has 0 fully saturated rings. The average Bonchev–Trinajstić information content (AvgIpc) is 2.58. The standard InChI is InChI=1S/C10H16IN3O2/c1-8-9(11)7-13-14(8)5-3-10(15)12-4-6-16-2/h7H,3-6H2,1-2H3,(H,12,15). The lowest BCUT2D eigenvalue weighted by Crippen LogP contribution is -2.27. The third-order valence-corrected chi connectivity index (χ3v) is 3.28. The summed E-state index contributed by atoms with van der Waals surface area (Å²) in [6, 6.07) is 0. The van der Waals surface area contributed by atoms with E-state index in [0.717, 1.165) is 9.26 Å². The van der Waals surface area contributed by atoms with E-state index < -0.39 is 0 Å². The first-order valence-electron chi connectivity index (χ1n) is 5.08. The first-order chi connectivity index (χ1) is 7.65. The van der Waals surface area contributed by atoms with Crippen molar-refractivity contribution in [1.29, 1.82) is 0 Å². The molecule has 0 saturated carbocycles. The van der Waals surface area contributed by atoms with Crippen LogP contribution >= 0.6 is 22.6 Å². The van der Waals surface area contributed by atoms with Crippen molar-refractivity contribution in [2.75, 3.05) is 20.3 Å². The summed E-state index contributed by atoms with van der Waals surface area (Å²) >= 11 is 2.23. The molecule has 1 heterocycles. The fourth-order valence-electron chi connectivity index (χ4n) is 1.24. The van der Waals surface area contributed by atoms with Crippen LogP contribution in [-0.4, -0.2) is 35.9 Å². The van der Waals surface area contributed by atoms with Gasteiger partial charge in [0.15, 0.2) is 0 Å².